The Morgan fingerprint density at radius 1 is 1.13 bits per heavy atom. The lowest BCUT2D eigenvalue weighted by atomic mass is 10.1. The van der Waals surface area contributed by atoms with Gasteiger partial charge in [-0.3, -0.25) is 0 Å². The summed E-state index contributed by atoms with van der Waals surface area (Å²) in [5.74, 6) is 1.02. The number of benzene rings is 1. The summed E-state index contributed by atoms with van der Waals surface area (Å²) >= 11 is 0. The Labute approximate surface area is 182 Å². The van der Waals surface area contributed by atoms with Crippen LogP contribution in [-0.2, 0) is 22.6 Å². The maximum atomic E-state index is 6.16. The predicted octanol–water partition coefficient (Wildman–Crippen LogP) is 3.26. The van der Waals surface area contributed by atoms with Gasteiger partial charge in [0.25, 0.3) is 0 Å². The van der Waals surface area contributed by atoms with Crippen molar-refractivity contribution in [2.75, 3.05) is 46.9 Å². The Kier molecular flexibility index (Phi) is 9.43. The molecule has 0 aliphatic carbocycles. The maximum Gasteiger partial charge on any atom is 0.194 e. The molecule has 0 bridgehead atoms. The van der Waals surface area contributed by atoms with Gasteiger partial charge in [-0.2, -0.15) is 0 Å². The second kappa shape index (κ2) is 12.3. The molecule has 1 atom stereocenters. The highest BCUT2D eigenvalue weighted by molar-refractivity contribution is 5.80. The lowest BCUT2D eigenvalue weighted by Crippen LogP contribution is -2.47. The standard InChI is InChI=1S/C24H40N4O2/c1-4-25-24(26-17-20-8-10-21(11-9-20)18-27(2)3)28-14-12-22(13-15-28)30-19-23-7-5-6-16-29-23/h8-11,22-23H,4-7,12-19H2,1-3H3,(H,25,26). The third kappa shape index (κ3) is 7.56. The molecule has 2 saturated heterocycles. The van der Waals surface area contributed by atoms with E-state index in [1.165, 1.54) is 24.0 Å². The highest BCUT2D eigenvalue weighted by Crippen LogP contribution is 2.18. The summed E-state index contributed by atoms with van der Waals surface area (Å²) in [5, 5.41) is 3.47. The van der Waals surface area contributed by atoms with E-state index in [4.69, 9.17) is 14.5 Å². The number of guanidine groups is 1. The van der Waals surface area contributed by atoms with Crippen molar-refractivity contribution in [2.24, 2.45) is 4.99 Å². The average molecular weight is 417 g/mol. The van der Waals surface area contributed by atoms with Gasteiger partial charge in [0.2, 0.25) is 0 Å². The van der Waals surface area contributed by atoms with Crippen molar-refractivity contribution in [1.82, 2.24) is 15.1 Å². The zero-order valence-electron chi connectivity index (χ0n) is 19.1. The number of hydrogen-bond acceptors (Lipinski definition) is 4. The molecule has 0 spiro atoms. The van der Waals surface area contributed by atoms with E-state index in [9.17, 15) is 0 Å². The zero-order valence-corrected chi connectivity index (χ0v) is 19.1. The minimum Gasteiger partial charge on any atom is -0.376 e. The Hall–Kier alpha value is -1.63. The van der Waals surface area contributed by atoms with Crippen LogP contribution in [0.5, 0.6) is 0 Å². The fraction of sp³-hybridized carbons (Fsp3) is 0.708. The molecule has 6 heteroatoms. The van der Waals surface area contributed by atoms with Crippen LogP contribution in [0.25, 0.3) is 0 Å². The summed E-state index contributed by atoms with van der Waals surface area (Å²) in [5.41, 5.74) is 2.58. The molecular weight excluding hydrogens is 376 g/mol. The van der Waals surface area contributed by atoms with Crippen LogP contribution in [0, 0.1) is 0 Å². The first-order valence-electron chi connectivity index (χ1n) is 11.6. The van der Waals surface area contributed by atoms with Gasteiger partial charge in [-0.15, -0.1) is 0 Å². The fourth-order valence-electron chi connectivity index (χ4n) is 4.12. The van der Waals surface area contributed by atoms with Crippen molar-refractivity contribution in [1.29, 1.82) is 0 Å². The third-order valence-electron chi connectivity index (χ3n) is 5.80. The van der Waals surface area contributed by atoms with E-state index >= 15 is 0 Å². The van der Waals surface area contributed by atoms with Crippen molar-refractivity contribution in [2.45, 2.75) is 64.3 Å². The molecule has 168 valence electrons. The van der Waals surface area contributed by atoms with Crippen LogP contribution in [0.1, 0.15) is 50.2 Å². The summed E-state index contributed by atoms with van der Waals surface area (Å²) in [6.07, 6.45) is 6.37. The molecule has 0 aromatic heterocycles. The molecule has 2 heterocycles. The Morgan fingerprint density at radius 2 is 1.87 bits per heavy atom. The van der Waals surface area contributed by atoms with Gasteiger partial charge in [0.1, 0.15) is 0 Å². The molecule has 1 aromatic rings. The van der Waals surface area contributed by atoms with E-state index in [0.29, 0.717) is 18.8 Å². The highest BCUT2D eigenvalue weighted by atomic mass is 16.5. The molecule has 1 unspecified atom stereocenters. The van der Waals surface area contributed by atoms with E-state index in [1.807, 2.05) is 0 Å². The first kappa shape index (κ1) is 23.0. The minimum absolute atomic E-state index is 0.305. The minimum atomic E-state index is 0.305. The molecule has 2 aliphatic heterocycles. The van der Waals surface area contributed by atoms with Gasteiger partial charge >= 0.3 is 0 Å². The van der Waals surface area contributed by atoms with Gasteiger partial charge in [0, 0.05) is 32.8 Å². The summed E-state index contributed by atoms with van der Waals surface area (Å²) in [4.78, 5) is 9.47. The Bertz CT molecular complexity index is 633. The molecule has 6 nitrogen and oxygen atoms in total. The van der Waals surface area contributed by atoms with Gasteiger partial charge in [-0.1, -0.05) is 24.3 Å². The van der Waals surface area contributed by atoms with Crippen LogP contribution >= 0.6 is 0 Å². The number of nitrogens with one attached hydrogen (secondary N) is 1. The van der Waals surface area contributed by atoms with Crippen molar-refractivity contribution >= 4 is 5.96 Å². The molecule has 2 fully saturated rings. The van der Waals surface area contributed by atoms with Crippen LogP contribution in [0.15, 0.2) is 29.3 Å². The Balaban J connectivity index is 1.46. The molecule has 0 saturated carbocycles. The van der Waals surface area contributed by atoms with Crippen LogP contribution in [-0.4, -0.2) is 74.9 Å². The summed E-state index contributed by atoms with van der Waals surface area (Å²) in [6.45, 7) is 8.32. The third-order valence-corrected chi connectivity index (χ3v) is 5.80. The lowest BCUT2D eigenvalue weighted by molar-refractivity contribution is -0.0721. The molecule has 3 rings (SSSR count). The topological polar surface area (TPSA) is 49.3 Å². The first-order chi connectivity index (χ1) is 14.6. The fourth-order valence-corrected chi connectivity index (χ4v) is 4.12. The van der Waals surface area contributed by atoms with Crippen LogP contribution in [0.3, 0.4) is 0 Å². The molecular formula is C24H40N4O2. The summed E-state index contributed by atoms with van der Waals surface area (Å²) < 4.78 is 12.0. The second-order valence-corrected chi connectivity index (χ2v) is 8.73. The molecule has 2 aliphatic rings. The van der Waals surface area contributed by atoms with Gasteiger partial charge in [-0.25, -0.2) is 4.99 Å². The number of hydrogen-bond donors (Lipinski definition) is 1. The van der Waals surface area contributed by atoms with Crippen molar-refractivity contribution in [3.8, 4) is 0 Å². The van der Waals surface area contributed by atoms with E-state index in [1.54, 1.807) is 0 Å². The highest BCUT2D eigenvalue weighted by Gasteiger charge is 2.23. The summed E-state index contributed by atoms with van der Waals surface area (Å²) in [6, 6.07) is 8.80. The van der Waals surface area contributed by atoms with Crippen LogP contribution in [0.4, 0.5) is 0 Å². The van der Waals surface area contributed by atoms with E-state index in [-0.39, 0.29) is 0 Å². The smallest absolute Gasteiger partial charge is 0.194 e. The second-order valence-electron chi connectivity index (χ2n) is 8.73. The van der Waals surface area contributed by atoms with E-state index in [2.05, 4.69) is 60.4 Å². The van der Waals surface area contributed by atoms with Crippen LogP contribution in [0.2, 0.25) is 0 Å². The van der Waals surface area contributed by atoms with Crippen molar-refractivity contribution in [3.05, 3.63) is 35.4 Å². The molecule has 0 radical (unpaired) electrons. The number of aliphatic imine (C=N–C) groups is 1. The SMILES string of the molecule is CCNC(=NCc1ccc(CN(C)C)cc1)N1CCC(OCC2CCCCO2)CC1. The molecule has 1 N–H and O–H groups in total. The Morgan fingerprint density at radius 3 is 2.50 bits per heavy atom. The maximum absolute atomic E-state index is 6.16. The van der Waals surface area contributed by atoms with Gasteiger partial charge in [-0.05, 0) is 64.3 Å². The monoisotopic (exact) mass is 416 g/mol. The van der Waals surface area contributed by atoms with Crippen molar-refractivity contribution in [3.63, 3.8) is 0 Å². The zero-order chi connectivity index (χ0) is 21.2. The number of rotatable bonds is 8. The van der Waals surface area contributed by atoms with Gasteiger partial charge < -0.3 is 24.6 Å². The first-order valence-corrected chi connectivity index (χ1v) is 11.6. The van der Waals surface area contributed by atoms with E-state index < -0.39 is 0 Å². The number of ether oxygens (including phenoxy) is 2. The number of likely N-dealkylation sites (tertiary alicyclic amines) is 1. The van der Waals surface area contributed by atoms with Gasteiger partial charge in [0.15, 0.2) is 5.96 Å². The largest absolute Gasteiger partial charge is 0.376 e. The van der Waals surface area contributed by atoms with Gasteiger partial charge in [0.05, 0.1) is 25.4 Å². The molecule has 30 heavy (non-hydrogen) atoms. The lowest BCUT2D eigenvalue weighted by Gasteiger charge is -2.35. The normalized spacial score (nSPS) is 21.3. The average Bonchev–Trinajstić information content (AvgIpc) is 2.77. The molecule has 0 amide bonds. The quantitative estimate of drug-likeness (QED) is 0.521. The predicted molar refractivity (Wildman–Crippen MR) is 123 cm³/mol. The number of nitrogens with zero attached hydrogens (tertiary/aromatic N) is 3. The van der Waals surface area contributed by atoms with Crippen molar-refractivity contribution < 1.29 is 9.47 Å². The number of piperidine rings is 1. The molecule has 1 aromatic carbocycles. The van der Waals surface area contributed by atoms with Crippen LogP contribution < -0.4 is 5.32 Å². The van der Waals surface area contributed by atoms with E-state index in [0.717, 1.165) is 64.6 Å². The summed E-state index contributed by atoms with van der Waals surface area (Å²) in [7, 11) is 4.19.